The molecule has 1 aromatic heterocycles. The summed E-state index contributed by atoms with van der Waals surface area (Å²) in [4.78, 5) is 9.23. The summed E-state index contributed by atoms with van der Waals surface area (Å²) in [6.45, 7) is 3.77. The van der Waals surface area contributed by atoms with Gasteiger partial charge in [-0.1, -0.05) is 41.9 Å². The molecule has 0 saturated heterocycles. The van der Waals surface area contributed by atoms with E-state index in [0.717, 1.165) is 11.1 Å². The Morgan fingerprint density at radius 1 is 0.800 bits per heavy atom. The van der Waals surface area contributed by atoms with Crippen LogP contribution in [0, 0.1) is 13.8 Å². The van der Waals surface area contributed by atoms with E-state index in [1.54, 1.807) is 24.3 Å². The molecule has 3 aromatic carbocycles. The first kappa shape index (κ1) is 20.1. The lowest BCUT2D eigenvalue weighted by Gasteiger charge is -2.15. The highest BCUT2D eigenvalue weighted by atomic mass is 35.5. The van der Waals surface area contributed by atoms with Gasteiger partial charge in [0.25, 0.3) is 10.0 Å². The Balaban J connectivity index is 1.81. The Hall–Kier alpha value is -3.16. The summed E-state index contributed by atoms with van der Waals surface area (Å²) >= 11 is 6.31. The van der Waals surface area contributed by atoms with Gasteiger partial charge in [0.2, 0.25) is 0 Å². The second kappa shape index (κ2) is 7.93. The quantitative estimate of drug-likeness (QED) is 0.433. The van der Waals surface area contributed by atoms with E-state index in [-0.39, 0.29) is 16.5 Å². The second-order valence-electron chi connectivity index (χ2n) is 6.94. The molecule has 30 heavy (non-hydrogen) atoms. The zero-order chi connectivity index (χ0) is 21.3. The summed E-state index contributed by atoms with van der Waals surface area (Å²) in [5, 5.41) is 3.62. The smallest absolute Gasteiger partial charge is 0.263 e. The molecule has 1 heterocycles. The van der Waals surface area contributed by atoms with Crippen molar-refractivity contribution in [1.82, 2.24) is 9.97 Å². The molecule has 0 spiro atoms. The van der Waals surface area contributed by atoms with Gasteiger partial charge in [0.1, 0.15) is 0 Å². The summed E-state index contributed by atoms with van der Waals surface area (Å²) in [6.07, 6.45) is 0. The summed E-state index contributed by atoms with van der Waals surface area (Å²) in [6, 6.07) is 19.4. The predicted molar refractivity (Wildman–Crippen MR) is 121 cm³/mol. The number of aromatic nitrogens is 2. The van der Waals surface area contributed by atoms with Crippen LogP contribution in [0.2, 0.25) is 5.02 Å². The minimum absolute atomic E-state index is 0.0905. The Morgan fingerprint density at radius 3 is 2.17 bits per heavy atom. The predicted octanol–water partition coefficient (Wildman–Crippen LogP) is 5.44. The van der Waals surface area contributed by atoms with Crippen molar-refractivity contribution >= 4 is 50.0 Å². The summed E-state index contributed by atoms with van der Waals surface area (Å²) < 4.78 is 28.5. The number of sulfonamides is 1. The van der Waals surface area contributed by atoms with Crippen LogP contribution in [0.4, 0.5) is 17.3 Å². The molecule has 0 saturated carbocycles. The topological polar surface area (TPSA) is 84.0 Å². The Morgan fingerprint density at radius 2 is 1.47 bits per heavy atom. The van der Waals surface area contributed by atoms with Gasteiger partial charge in [-0.05, 0) is 61.4 Å². The van der Waals surface area contributed by atoms with E-state index in [1.165, 1.54) is 6.07 Å². The van der Waals surface area contributed by atoms with Gasteiger partial charge in [-0.25, -0.2) is 18.4 Å². The van der Waals surface area contributed by atoms with Crippen LogP contribution in [-0.4, -0.2) is 18.4 Å². The Kier molecular flexibility index (Phi) is 5.32. The molecule has 2 N–H and O–H groups in total. The lowest BCUT2D eigenvalue weighted by molar-refractivity contribution is 0.601. The molecule has 0 atom stereocenters. The first-order chi connectivity index (χ1) is 14.3. The first-order valence-corrected chi connectivity index (χ1v) is 11.1. The lowest BCUT2D eigenvalue weighted by atomic mass is 10.2. The minimum Gasteiger partial charge on any atom is -0.336 e. The van der Waals surface area contributed by atoms with Crippen molar-refractivity contribution in [3.05, 3.63) is 82.9 Å². The monoisotopic (exact) mass is 438 g/mol. The zero-order valence-electron chi connectivity index (χ0n) is 16.3. The van der Waals surface area contributed by atoms with Crippen LogP contribution >= 0.6 is 11.6 Å². The second-order valence-corrected chi connectivity index (χ2v) is 9.03. The van der Waals surface area contributed by atoms with E-state index in [0.29, 0.717) is 21.7 Å². The van der Waals surface area contributed by atoms with Crippen LogP contribution in [0.5, 0.6) is 0 Å². The largest absolute Gasteiger partial charge is 0.336 e. The maximum atomic E-state index is 13.0. The van der Waals surface area contributed by atoms with Crippen molar-refractivity contribution in [1.29, 1.82) is 0 Å². The summed E-state index contributed by atoms with van der Waals surface area (Å²) in [7, 11) is -3.86. The van der Waals surface area contributed by atoms with Crippen molar-refractivity contribution in [3.63, 3.8) is 0 Å². The number of nitrogens with zero attached hydrogens (tertiary/aromatic N) is 2. The Bertz CT molecular complexity index is 1360. The fraction of sp³-hybridized carbons (Fsp3) is 0.0909. The van der Waals surface area contributed by atoms with E-state index in [9.17, 15) is 8.42 Å². The van der Waals surface area contributed by atoms with Crippen LogP contribution in [0.25, 0.3) is 11.0 Å². The average Bonchev–Trinajstić information content (AvgIpc) is 2.71. The van der Waals surface area contributed by atoms with Crippen molar-refractivity contribution in [2.75, 3.05) is 10.0 Å². The van der Waals surface area contributed by atoms with Crippen LogP contribution < -0.4 is 10.0 Å². The third kappa shape index (κ3) is 4.22. The number of rotatable bonds is 5. The maximum Gasteiger partial charge on any atom is 0.263 e. The van der Waals surface area contributed by atoms with Crippen molar-refractivity contribution in [3.8, 4) is 0 Å². The molecule has 0 aliphatic rings. The number of benzene rings is 3. The number of para-hydroxylation sites is 2. The summed E-state index contributed by atoms with van der Waals surface area (Å²) in [5.41, 5.74) is 3.64. The molecule has 4 aromatic rings. The highest BCUT2D eigenvalue weighted by Crippen LogP contribution is 2.31. The molecular weight excluding hydrogens is 420 g/mol. The van der Waals surface area contributed by atoms with Gasteiger partial charge in [-0.3, -0.25) is 4.72 Å². The SMILES string of the molecule is Cc1cccc(S(=O)(=O)Nc2nc3ccccc3nc2Nc2cc(C)ccc2Cl)c1. The number of fused-ring (bicyclic) bond motifs is 1. The third-order valence-corrected chi connectivity index (χ3v) is 6.14. The highest BCUT2D eigenvalue weighted by molar-refractivity contribution is 7.92. The van der Waals surface area contributed by atoms with E-state index in [2.05, 4.69) is 20.0 Å². The number of halogens is 1. The van der Waals surface area contributed by atoms with Gasteiger partial charge in [0.05, 0.1) is 26.6 Å². The molecular formula is C22H19ClN4O2S. The first-order valence-electron chi connectivity index (χ1n) is 9.21. The van der Waals surface area contributed by atoms with E-state index in [4.69, 9.17) is 11.6 Å². The molecule has 6 nitrogen and oxygen atoms in total. The van der Waals surface area contributed by atoms with Crippen LogP contribution in [0.3, 0.4) is 0 Å². The van der Waals surface area contributed by atoms with Crippen LogP contribution in [-0.2, 0) is 10.0 Å². The number of hydrogen-bond acceptors (Lipinski definition) is 5. The molecule has 0 unspecified atom stereocenters. The van der Waals surface area contributed by atoms with Gasteiger partial charge in [0.15, 0.2) is 11.6 Å². The standard InChI is InChI=1S/C22H19ClN4O2S/c1-14-6-5-7-16(12-14)30(28,29)27-22-21(24-18-8-3-4-9-19(18)25-22)26-20-13-15(2)10-11-17(20)23/h3-13H,1-2H3,(H,24,26)(H,25,27). The van der Waals surface area contributed by atoms with Crippen molar-refractivity contribution < 1.29 is 8.42 Å². The zero-order valence-corrected chi connectivity index (χ0v) is 17.9. The fourth-order valence-electron chi connectivity index (χ4n) is 2.99. The van der Waals surface area contributed by atoms with Crippen LogP contribution in [0.1, 0.15) is 11.1 Å². The number of hydrogen-bond donors (Lipinski definition) is 2. The Labute approximate surface area is 180 Å². The molecule has 0 fully saturated rings. The third-order valence-electron chi connectivity index (χ3n) is 4.48. The van der Waals surface area contributed by atoms with Gasteiger partial charge in [-0.2, -0.15) is 0 Å². The number of aryl methyl sites for hydroxylation is 2. The van der Waals surface area contributed by atoms with Crippen LogP contribution in [0.15, 0.2) is 71.6 Å². The van der Waals surface area contributed by atoms with E-state index in [1.807, 2.05) is 50.2 Å². The molecule has 8 heteroatoms. The molecule has 0 aliphatic carbocycles. The fourth-order valence-corrected chi connectivity index (χ4v) is 4.27. The number of anilines is 3. The van der Waals surface area contributed by atoms with Crippen molar-refractivity contribution in [2.24, 2.45) is 0 Å². The summed E-state index contributed by atoms with van der Waals surface area (Å²) in [5.74, 6) is 0.352. The average molecular weight is 439 g/mol. The van der Waals surface area contributed by atoms with Gasteiger partial charge in [0, 0.05) is 0 Å². The maximum absolute atomic E-state index is 13.0. The minimum atomic E-state index is -3.86. The van der Waals surface area contributed by atoms with E-state index >= 15 is 0 Å². The van der Waals surface area contributed by atoms with Gasteiger partial charge in [-0.15, -0.1) is 0 Å². The van der Waals surface area contributed by atoms with Gasteiger partial charge >= 0.3 is 0 Å². The highest BCUT2D eigenvalue weighted by Gasteiger charge is 2.19. The molecule has 4 rings (SSSR count). The molecule has 0 bridgehead atoms. The number of nitrogens with one attached hydrogen (secondary N) is 2. The van der Waals surface area contributed by atoms with Gasteiger partial charge < -0.3 is 5.32 Å². The molecule has 0 aliphatic heterocycles. The molecule has 152 valence electrons. The van der Waals surface area contributed by atoms with Crippen molar-refractivity contribution in [2.45, 2.75) is 18.7 Å². The molecule has 0 amide bonds. The normalized spacial score (nSPS) is 11.4. The van der Waals surface area contributed by atoms with E-state index < -0.39 is 10.0 Å². The lowest BCUT2D eigenvalue weighted by Crippen LogP contribution is -2.16. The molecule has 0 radical (unpaired) electrons.